The molecule has 0 amide bonds. The zero-order valence-corrected chi connectivity index (χ0v) is 12.7. The molecular weight excluding hydrogens is 282 g/mol. The summed E-state index contributed by atoms with van der Waals surface area (Å²) in [5.74, 6) is 0.873. The summed E-state index contributed by atoms with van der Waals surface area (Å²) in [6.07, 6.45) is 6.14. The molecule has 2 aromatic heterocycles. The van der Waals surface area contributed by atoms with Crippen molar-refractivity contribution >= 4 is 28.4 Å². The number of nitrogens with one attached hydrogen (secondary N) is 2. The maximum absolute atomic E-state index is 9.03. The van der Waals surface area contributed by atoms with Crippen LogP contribution in [0.15, 0.2) is 23.4 Å². The van der Waals surface area contributed by atoms with E-state index in [0.717, 1.165) is 41.1 Å². The van der Waals surface area contributed by atoms with Gasteiger partial charge in [-0.3, -0.25) is 0 Å². The smallest absolute Gasteiger partial charge is 0.142 e. The van der Waals surface area contributed by atoms with Crippen LogP contribution in [0.2, 0.25) is 0 Å². The second-order valence-corrected chi connectivity index (χ2v) is 5.90. The highest BCUT2D eigenvalue weighted by Crippen LogP contribution is 2.27. The third-order valence-corrected chi connectivity index (χ3v) is 4.33. The number of anilines is 1. The van der Waals surface area contributed by atoms with Crippen LogP contribution in [0, 0.1) is 11.3 Å². The Hall–Kier alpha value is -1.84. The van der Waals surface area contributed by atoms with Crippen molar-refractivity contribution in [3.05, 3.63) is 24.0 Å². The lowest BCUT2D eigenvalue weighted by atomic mass is 10.1. The summed E-state index contributed by atoms with van der Waals surface area (Å²) in [6, 6.07) is 6.34. The first-order valence-corrected chi connectivity index (χ1v) is 8.25. The Morgan fingerprint density at radius 3 is 3.10 bits per heavy atom. The molecule has 21 heavy (non-hydrogen) atoms. The quantitative estimate of drug-likeness (QED) is 0.848. The van der Waals surface area contributed by atoms with E-state index in [2.05, 4.69) is 26.7 Å². The van der Waals surface area contributed by atoms with E-state index in [9.17, 15) is 0 Å². The van der Waals surface area contributed by atoms with E-state index in [0.29, 0.717) is 11.7 Å². The minimum atomic E-state index is 0.424. The summed E-state index contributed by atoms with van der Waals surface area (Å²) in [4.78, 5) is 8.83. The SMILES string of the molecule is CSc1nc(C#N)cc2cnc(NC3CCCNC3)cc12. The Morgan fingerprint density at radius 2 is 2.38 bits per heavy atom. The van der Waals surface area contributed by atoms with Gasteiger partial charge >= 0.3 is 0 Å². The van der Waals surface area contributed by atoms with Crippen LogP contribution in [0.25, 0.3) is 10.8 Å². The predicted molar refractivity (Wildman–Crippen MR) is 85.5 cm³/mol. The number of fused-ring (bicyclic) bond motifs is 1. The molecule has 2 aromatic rings. The third kappa shape index (κ3) is 3.09. The largest absolute Gasteiger partial charge is 0.366 e. The molecule has 1 atom stereocenters. The highest BCUT2D eigenvalue weighted by molar-refractivity contribution is 7.98. The fourth-order valence-electron chi connectivity index (χ4n) is 2.59. The van der Waals surface area contributed by atoms with E-state index < -0.39 is 0 Å². The minimum absolute atomic E-state index is 0.424. The topological polar surface area (TPSA) is 73.6 Å². The number of pyridine rings is 2. The zero-order chi connectivity index (χ0) is 14.7. The first-order valence-electron chi connectivity index (χ1n) is 7.02. The van der Waals surface area contributed by atoms with E-state index in [-0.39, 0.29) is 0 Å². The number of hydrogen-bond donors (Lipinski definition) is 2. The number of aromatic nitrogens is 2. The normalized spacial score (nSPS) is 18.4. The lowest BCUT2D eigenvalue weighted by molar-refractivity contribution is 0.479. The van der Waals surface area contributed by atoms with Crippen LogP contribution in [0.4, 0.5) is 5.82 Å². The van der Waals surface area contributed by atoms with Gasteiger partial charge in [-0.2, -0.15) is 5.26 Å². The Kier molecular flexibility index (Phi) is 4.23. The molecule has 1 saturated heterocycles. The zero-order valence-electron chi connectivity index (χ0n) is 11.9. The Balaban J connectivity index is 1.93. The third-order valence-electron chi connectivity index (χ3n) is 3.64. The minimum Gasteiger partial charge on any atom is -0.366 e. The van der Waals surface area contributed by atoms with Crippen LogP contribution in [0.5, 0.6) is 0 Å². The van der Waals surface area contributed by atoms with Gasteiger partial charge in [0.1, 0.15) is 22.6 Å². The molecule has 0 bridgehead atoms. The Labute approximate surface area is 128 Å². The van der Waals surface area contributed by atoms with Crippen molar-refractivity contribution < 1.29 is 0 Å². The van der Waals surface area contributed by atoms with Crippen molar-refractivity contribution in [3.8, 4) is 6.07 Å². The number of thioether (sulfide) groups is 1. The van der Waals surface area contributed by atoms with E-state index in [1.54, 1.807) is 17.8 Å². The molecule has 0 saturated carbocycles. The molecule has 0 aliphatic carbocycles. The molecule has 108 valence electrons. The van der Waals surface area contributed by atoms with Crippen LogP contribution in [-0.2, 0) is 0 Å². The van der Waals surface area contributed by atoms with Crippen molar-refractivity contribution in [1.29, 1.82) is 5.26 Å². The van der Waals surface area contributed by atoms with E-state index >= 15 is 0 Å². The van der Waals surface area contributed by atoms with Crippen molar-refractivity contribution in [2.24, 2.45) is 0 Å². The molecule has 0 spiro atoms. The summed E-state index contributed by atoms with van der Waals surface area (Å²) in [5, 5.41) is 18.8. The molecule has 1 unspecified atom stereocenters. The second kappa shape index (κ2) is 6.29. The molecule has 3 rings (SSSR count). The van der Waals surface area contributed by atoms with Gasteiger partial charge in [0.15, 0.2) is 0 Å². The van der Waals surface area contributed by atoms with Crippen molar-refractivity contribution in [1.82, 2.24) is 15.3 Å². The first kappa shape index (κ1) is 14.1. The van der Waals surface area contributed by atoms with Gasteiger partial charge in [0.2, 0.25) is 0 Å². The van der Waals surface area contributed by atoms with Crippen LogP contribution in [0.3, 0.4) is 0 Å². The van der Waals surface area contributed by atoms with Gasteiger partial charge < -0.3 is 10.6 Å². The van der Waals surface area contributed by atoms with Gasteiger partial charge in [0, 0.05) is 29.6 Å². The molecule has 5 nitrogen and oxygen atoms in total. The van der Waals surface area contributed by atoms with E-state index in [1.165, 1.54) is 6.42 Å². The van der Waals surface area contributed by atoms with Gasteiger partial charge in [-0.25, -0.2) is 9.97 Å². The van der Waals surface area contributed by atoms with Crippen molar-refractivity contribution in [2.75, 3.05) is 24.7 Å². The van der Waals surface area contributed by atoms with E-state index in [4.69, 9.17) is 5.26 Å². The predicted octanol–water partition coefficient (Wildman–Crippen LogP) is 2.39. The summed E-state index contributed by atoms with van der Waals surface area (Å²) >= 11 is 1.55. The number of nitriles is 1. The number of nitrogens with zero attached hydrogens (tertiary/aromatic N) is 3. The highest BCUT2D eigenvalue weighted by Gasteiger charge is 2.14. The lowest BCUT2D eigenvalue weighted by Crippen LogP contribution is -2.38. The van der Waals surface area contributed by atoms with Crippen LogP contribution in [-0.4, -0.2) is 35.4 Å². The monoisotopic (exact) mass is 299 g/mol. The van der Waals surface area contributed by atoms with E-state index in [1.807, 2.05) is 18.5 Å². The highest BCUT2D eigenvalue weighted by atomic mass is 32.2. The summed E-state index contributed by atoms with van der Waals surface area (Å²) in [6.45, 7) is 2.07. The van der Waals surface area contributed by atoms with Gasteiger partial charge in [-0.05, 0) is 37.8 Å². The Morgan fingerprint density at radius 1 is 1.48 bits per heavy atom. The molecule has 3 heterocycles. The van der Waals surface area contributed by atoms with Crippen LogP contribution < -0.4 is 10.6 Å². The lowest BCUT2D eigenvalue weighted by Gasteiger charge is -2.24. The Bertz CT molecular complexity index is 688. The average molecular weight is 299 g/mol. The van der Waals surface area contributed by atoms with Gasteiger partial charge in [-0.1, -0.05) is 0 Å². The molecule has 6 heteroatoms. The molecule has 1 aliphatic heterocycles. The number of hydrogen-bond acceptors (Lipinski definition) is 6. The molecule has 1 fully saturated rings. The molecule has 0 radical (unpaired) electrons. The van der Waals surface area contributed by atoms with Crippen LogP contribution >= 0.6 is 11.8 Å². The number of piperidine rings is 1. The van der Waals surface area contributed by atoms with Crippen LogP contribution in [0.1, 0.15) is 18.5 Å². The van der Waals surface area contributed by atoms with Crippen molar-refractivity contribution in [2.45, 2.75) is 23.9 Å². The standard InChI is InChI=1S/C15H17N5S/c1-21-15-13-6-14(19-11-3-2-4-17-9-11)18-8-10(13)5-12(7-16)20-15/h5-6,8,11,17H,2-4,9H2,1H3,(H,18,19). The fraction of sp³-hybridized carbons (Fsp3) is 0.400. The number of rotatable bonds is 3. The maximum atomic E-state index is 9.03. The van der Waals surface area contributed by atoms with Gasteiger partial charge in [0.05, 0.1) is 0 Å². The average Bonchev–Trinajstić information content (AvgIpc) is 2.54. The summed E-state index contributed by atoms with van der Waals surface area (Å²) in [5.41, 5.74) is 0.436. The maximum Gasteiger partial charge on any atom is 0.142 e. The molecule has 2 N–H and O–H groups in total. The van der Waals surface area contributed by atoms with Gasteiger partial charge in [0.25, 0.3) is 0 Å². The second-order valence-electron chi connectivity index (χ2n) is 5.11. The van der Waals surface area contributed by atoms with Crippen molar-refractivity contribution in [3.63, 3.8) is 0 Å². The van der Waals surface area contributed by atoms with Gasteiger partial charge in [-0.15, -0.1) is 11.8 Å². The fourth-order valence-corrected chi connectivity index (χ4v) is 3.18. The summed E-state index contributed by atoms with van der Waals surface area (Å²) in [7, 11) is 0. The molecular formula is C15H17N5S. The molecule has 1 aliphatic rings. The first-order chi connectivity index (χ1) is 10.3. The summed E-state index contributed by atoms with van der Waals surface area (Å²) < 4.78 is 0. The molecule has 0 aromatic carbocycles.